The molecule has 6 heteroatoms. The third-order valence-corrected chi connectivity index (χ3v) is 2.66. The highest BCUT2D eigenvalue weighted by molar-refractivity contribution is 7.89. The third-order valence-electron chi connectivity index (χ3n) is 1.66. The first-order chi connectivity index (χ1) is 6.92. The van der Waals surface area contributed by atoms with Gasteiger partial charge in [0.2, 0.25) is 0 Å². The van der Waals surface area contributed by atoms with Crippen molar-refractivity contribution < 1.29 is 17.5 Å². The number of sulfone groups is 1. The minimum absolute atomic E-state index is 0.115. The Hall–Kier alpha value is -1.07. The van der Waals surface area contributed by atoms with Gasteiger partial charge in [-0.15, -0.1) is 0 Å². The first-order valence-corrected chi connectivity index (χ1v) is 6.39. The van der Waals surface area contributed by atoms with Gasteiger partial charge in [-0.1, -0.05) is 12.1 Å². The largest absolute Gasteiger partial charge is 0.356 e. The molecule has 1 aromatic rings. The van der Waals surface area contributed by atoms with Gasteiger partial charge in [-0.3, -0.25) is 0 Å². The van der Waals surface area contributed by atoms with Gasteiger partial charge in [0.15, 0.2) is 9.84 Å². The Morgan fingerprint density at radius 2 is 2.13 bits per heavy atom. The van der Waals surface area contributed by atoms with E-state index in [0.717, 1.165) is 6.26 Å². The van der Waals surface area contributed by atoms with Crippen molar-refractivity contribution in [1.29, 1.82) is 0 Å². The molecule has 0 aromatic heterocycles. The summed E-state index contributed by atoms with van der Waals surface area (Å²) >= 11 is 4.90. The Kier molecular flexibility index (Phi) is 3.71. The number of carbonyl (C=O) groups is 1. The summed E-state index contributed by atoms with van der Waals surface area (Å²) in [6.45, 7) is 0. The van der Waals surface area contributed by atoms with Crippen LogP contribution in [-0.2, 0) is 19.9 Å². The fourth-order valence-corrected chi connectivity index (χ4v) is 2.01. The molecule has 0 N–H and O–H groups in total. The van der Waals surface area contributed by atoms with Crippen LogP contribution >= 0.6 is 11.9 Å². The molecule has 0 heterocycles. The van der Waals surface area contributed by atoms with Crippen molar-refractivity contribution in [2.45, 2.75) is 5.75 Å². The summed E-state index contributed by atoms with van der Waals surface area (Å²) in [5, 5.41) is 0. The molecule has 0 amide bonds. The van der Waals surface area contributed by atoms with E-state index in [0.29, 0.717) is 5.56 Å². The van der Waals surface area contributed by atoms with Gasteiger partial charge < -0.3 is 4.29 Å². The minimum Gasteiger partial charge on any atom is -0.343 e. The van der Waals surface area contributed by atoms with E-state index in [-0.39, 0.29) is 11.3 Å². The molecule has 0 aliphatic heterocycles. The lowest BCUT2D eigenvalue weighted by Gasteiger charge is -2.01. The van der Waals surface area contributed by atoms with Crippen LogP contribution in [0, 0.1) is 0 Å². The lowest BCUT2D eigenvalue weighted by Crippen LogP contribution is -2.03. The fourth-order valence-electron chi connectivity index (χ4n) is 1.14. The normalized spacial score (nSPS) is 11.1. The zero-order valence-corrected chi connectivity index (χ0v) is 9.51. The zero-order chi connectivity index (χ0) is 11.5. The summed E-state index contributed by atoms with van der Waals surface area (Å²) in [6, 6.07) is 6.12. The van der Waals surface area contributed by atoms with E-state index in [1.165, 1.54) is 12.1 Å². The number of carbonyl (C=O) groups excluding carboxylic acids is 1. The summed E-state index contributed by atoms with van der Waals surface area (Å²) in [6.07, 6.45) is 1.12. The van der Waals surface area contributed by atoms with Crippen LogP contribution < -0.4 is 0 Å². The van der Waals surface area contributed by atoms with Crippen molar-refractivity contribution in [1.82, 2.24) is 0 Å². The fraction of sp³-hybridized carbons (Fsp3) is 0.222. The molecule has 0 spiro atoms. The first kappa shape index (κ1) is 12.0. The van der Waals surface area contributed by atoms with E-state index in [1.54, 1.807) is 12.1 Å². The molecule has 1 aromatic carbocycles. The van der Waals surface area contributed by atoms with Gasteiger partial charge in [0.05, 0.1) is 11.3 Å². The molecule has 0 atom stereocenters. The molecule has 0 aliphatic carbocycles. The van der Waals surface area contributed by atoms with Crippen molar-refractivity contribution in [3.8, 4) is 0 Å². The molecule has 0 bridgehead atoms. The van der Waals surface area contributed by atoms with E-state index >= 15 is 0 Å². The molecule has 1 rings (SSSR count). The zero-order valence-electron chi connectivity index (χ0n) is 7.94. The van der Waals surface area contributed by atoms with Crippen LogP contribution in [0.1, 0.15) is 15.9 Å². The summed E-state index contributed by atoms with van der Waals surface area (Å²) in [5.74, 6) is -0.817. The highest BCUT2D eigenvalue weighted by atomic mass is 35.5. The third kappa shape index (κ3) is 3.89. The van der Waals surface area contributed by atoms with Crippen molar-refractivity contribution in [2.24, 2.45) is 0 Å². The quantitative estimate of drug-likeness (QED) is 0.814. The van der Waals surface area contributed by atoms with Crippen molar-refractivity contribution in [3.63, 3.8) is 0 Å². The van der Waals surface area contributed by atoms with Gasteiger partial charge in [-0.2, -0.15) is 0 Å². The standard InChI is InChI=1S/C9H9ClO4S/c1-15(12,13)6-7-3-2-4-8(5-7)9(11)14-10/h2-5H,6H2,1H3. The van der Waals surface area contributed by atoms with E-state index < -0.39 is 15.8 Å². The number of rotatable bonds is 3. The second-order valence-electron chi connectivity index (χ2n) is 3.14. The number of halogens is 1. The molecule has 4 nitrogen and oxygen atoms in total. The maximum absolute atomic E-state index is 11.0. The van der Waals surface area contributed by atoms with Crippen LogP contribution in [0.3, 0.4) is 0 Å². The second kappa shape index (κ2) is 4.63. The Morgan fingerprint density at radius 3 is 2.67 bits per heavy atom. The van der Waals surface area contributed by atoms with E-state index in [9.17, 15) is 13.2 Å². The Bertz CT molecular complexity index is 467. The lowest BCUT2D eigenvalue weighted by molar-refractivity contribution is 0.0751. The Labute approximate surface area is 92.9 Å². The smallest absolute Gasteiger partial charge is 0.343 e. The van der Waals surface area contributed by atoms with Gasteiger partial charge in [0.1, 0.15) is 11.9 Å². The summed E-state index contributed by atoms with van der Waals surface area (Å²) in [4.78, 5) is 11.0. The van der Waals surface area contributed by atoms with E-state index in [2.05, 4.69) is 4.29 Å². The van der Waals surface area contributed by atoms with E-state index in [4.69, 9.17) is 11.9 Å². The van der Waals surface area contributed by atoms with Crippen molar-refractivity contribution in [2.75, 3.05) is 6.26 Å². The van der Waals surface area contributed by atoms with Crippen LogP contribution in [0.4, 0.5) is 0 Å². The maximum atomic E-state index is 11.0. The highest BCUT2D eigenvalue weighted by Crippen LogP contribution is 2.10. The molecule has 0 saturated carbocycles. The minimum atomic E-state index is -3.11. The SMILES string of the molecule is CS(=O)(=O)Cc1cccc(C(=O)OCl)c1. The van der Waals surface area contributed by atoms with Crippen molar-refractivity contribution in [3.05, 3.63) is 35.4 Å². The lowest BCUT2D eigenvalue weighted by atomic mass is 10.1. The predicted molar refractivity (Wildman–Crippen MR) is 56.3 cm³/mol. The number of hydrogen-bond donors (Lipinski definition) is 0. The topological polar surface area (TPSA) is 60.4 Å². The van der Waals surface area contributed by atoms with Gasteiger partial charge in [0.25, 0.3) is 0 Å². The van der Waals surface area contributed by atoms with Crippen LogP contribution in [0.15, 0.2) is 24.3 Å². The molecule has 0 saturated heterocycles. The van der Waals surface area contributed by atoms with Gasteiger partial charge in [-0.05, 0) is 17.7 Å². The molecule has 0 fully saturated rings. The molecule has 82 valence electrons. The van der Waals surface area contributed by atoms with E-state index in [1.807, 2.05) is 0 Å². The monoisotopic (exact) mass is 248 g/mol. The molecular formula is C9H9ClO4S. The Morgan fingerprint density at radius 1 is 1.47 bits per heavy atom. The maximum Gasteiger partial charge on any atom is 0.356 e. The molecular weight excluding hydrogens is 240 g/mol. The molecule has 0 unspecified atom stereocenters. The van der Waals surface area contributed by atoms with Crippen LogP contribution in [0.5, 0.6) is 0 Å². The Balaban J connectivity index is 2.98. The molecule has 15 heavy (non-hydrogen) atoms. The average Bonchev–Trinajstić information content (AvgIpc) is 2.14. The molecule has 0 aliphatic rings. The number of benzene rings is 1. The van der Waals surface area contributed by atoms with Crippen LogP contribution in [-0.4, -0.2) is 20.6 Å². The van der Waals surface area contributed by atoms with Crippen molar-refractivity contribution >= 4 is 27.7 Å². The highest BCUT2D eigenvalue weighted by Gasteiger charge is 2.09. The summed E-state index contributed by atoms with van der Waals surface area (Å²) in [7, 11) is -3.11. The van der Waals surface area contributed by atoms with Crippen LogP contribution in [0.2, 0.25) is 0 Å². The average molecular weight is 249 g/mol. The van der Waals surface area contributed by atoms with Crippen LogP contribution in [0.25, 0.3) is 0 Å². The summed E-state index contributed by atoms with van der Waals surface area (Å²) < 4.78 is 26.0. The molecule has 0 radical (unpaired) electrons. The number of hydrogen-bond acceptors (Lipinski definition) is 4. The van der Waals surface area contributed by atoms with Gasteiger partial charge in [-0.25, -0.2) is 13.2 Å². The predicted octanol–water partition coefficient (Wildman–Crippen LogP) is 1.54. The second-order valence-corrected chi connectivity index (χ2v) is 5.43. The summed E-state index contributed by atoms with van der Waals surface area (Å²) in [5.41, 5.74) is 0.753. The van der Waals surface area contributed by atoms with Gasteiger partial charge in [0, 0.05) is 6.26 Å². The first-order valence-electron chi connectivity index (χ1n) is 4.02. The van der Waals surface area contributed by atoms with Gasteiger partial charge >= 0.3 is 5.97 Å².